The number of amides is 1. The third-order valence-electron chi connectivity index (χ3n) is 4.45. The van der Waals surface area contributed by atoms with E-state index in [9.17, 15) is 13.2 Å². The lowest BCUT2D eigenvalue weighted by Crippen LogP contribution is -2.36. The van der Waals surface area contributed by atoms with Crippen LogP contribution in [0.15, 0.2) is 76.2 Å². The molecule has 158 valence electrons. The number of nitrogens with zero attached hydrogens (tertiary/aromatic N) is 1. The van der Waals surface area contributed by atoms with E-state index in [2.05, 4.69) is 0 Å². The number of benzene rings is 2. The molecule has 0 bridgehead atoms. The number of hydrogen-bond acceptors (Lipinski definition) is 6. The largest absolute Gasteiger partial charge is 0.497 e. The Kier molecular flexibility index (Phi) is 6.47. The smallest absolute Gasteiger partial charge is 0.339 e. The zero-order chi connectivity index (χ0) is 21.7. The summed E-state index contributed by atoms with van der Waals surface area (Å²) in [4.78, 5) is 14.3. The van der Waals surface area contributed by atoms with Crippen molar-refractivity contribution in [3.8, 4) is 11.5 Å². The molecule has 0 aliphatic rings. The van der Waals surface area contributed by atoms with E-state index in [1.54, 1.807) is 53.4 Å². The Hall–Kier alpha value is -3.26. The summed E-state index contributed by atoms with van der Waals surface area (Å²) in [5.74, 6) is 0.798. The quantitative estimate of drug-likeness (QED) is 0.501. The molecular formula is C22H23NO6S. The van der Waals surface area contributed by atoms with E-state index < -0.39 is 10.1 Å². The van der Waals surface area contributed by atoms with Crippen LogP contribution in [0.3, 0.4) is 0 Å². The zero-order valence-corrected chi connectivity index (χ0v) is 17.8. The highest BCUT2D eigenvalue weighted by Gasteiger charge is 2.21. The van der Waals surface area contributed by atoms with Crippen LogP contribution in [0, 0.1) is 0 Å². The highest BCUT2D eigenvalue weighted by atomic mass is 32.2. The molecule has 8 heteroatoms. The standard InChI is InChI=1S/C22H23NO6S/c1-16(2)23(22(24)21-5-4-14-28-21)15-17-6-8-19(9-7-17)29-30(25,26)20-12-10-18(27-3)11-13-20/h4-14,16H,15H2,1-3H3. The molecule has 1 aromatic heterocycles. The molecule has 0 aliphatic carbocycles. The lowest BCUT2D eigenvalue weighted by molar-refractivity contribution is 0.0657. The van der Waals surface area contributed by atoms with Gasteiger partial charge in [-0.1, -0.05) is 12.1 Å². The van der Waals surface area contributed by atoms with Crippen LogP contribution in [0.25, 0.3) is 0 Å². The summed E-state index contributed by atoms with van der Waals surface area (Å²) in [7, 11) is -2.46. The van der Waals surface area contributed by atoms with Crippen molar-refractivity contribution in [2.24, 2.45) is 0 Å². The zero-order valence-electron chi connectivity index (χ0n) is 16.9. The number of rotatable bonds is 8. The Balaban J connectivity index is 1.71. The van der Waals surface area contributed by atoms with Crippen LogP contribution in [0.2, 0.25) is 0 Å². The van der Waals surface area contributed by atoms with Crippen molar-refractivity contribution in [3.05, 3.63) is 78.3 Å². The predicted molar refractivity (Wildman–Crippen MR) is 111 cm³/mol. The summed E-state index contributed by atoms with van der Waals surface area (Å²) in [6.45, 7) is 4.18. The number of carbonyl (C=O) groups is 1. The molecule has 0 atom stereocenters. The van der Waals surface area contributed by atoms with E-state index in [4.69, 9.17) is 13.3 Å². The third-order valence-corrected chi connectivity index (χ3v) is 5.71. The SMILES string of the molecule is COc1ccc(S(=O)(=O)Oc2ccc(CN(C(=O)c3ccco3)C(C)C)cc2)cc1. The van der Waals surface area contributed by atoms with Crippen LogP contribution in [-0.2, 0) is 16.7 Å². The third kappa shape index (κ3) is 5.01. The van der Waals surface area contributed by atoms with Gasteiger partial charge in [0.15, 0.2) is 5.76 Å². The highest BCUT2D eigenvalue weighted by molar-refractivity contribution is 7.87. The number of furan rings is 1. The molecule has 0 spiro atoms. The molecule has 0 fully saturated rings. The van der Waals surface area contributed by atoms with Gasteiger partial charge in [-0.25, -0.2) is 0 Å². The average Bonchev–Trinajstić information content (AvgIpc) is 3.27. The molecule has 3 rings (SSSR count). The van der Waals surface area contributed by atoms with Crippen LogP contribution in [-0.4, -0.2) is 32.4 Å². The fraction of sp³-hybridized carbons (Fsp3) is 0.227. The van der Waals surface area contributed by atoms with E-state index in [1.807, 2.05) is 13.8 Å². The minimum absolute atomic E-state index is 0.0300. The summed E-state index contributed by atoms with van der Waals surface area (Å²) in [5.41, 5.74) is 0.831. The summed E-state index contributed by atoms with van der Waals surface area (Å²) < 4.78 is 40.3. The van der Waals surface area contributed by atoms with Crippen LogP contribution in [0.5, 0.6) is 11.5 Å². The predicted octanol–water partition coefficient (Wildman–Crippen LogP) is 4.11. The molecule has 1 heterocycles. The van der Waals surface area contributed by atoms with Gasteiger partial charge in [-0.2, -0.15) is 8.42 Å². The molecule has 0 radical (unpaired) electrons. The van der Waals surface area contributed by atoms with E-state index in [1.165, 1.54) is 25.5 Å². The number of hydrogen-bond donors (Lipinski definition) is 0. The molecule has 30 heavy (non-hydrogen) atoms. The van der Waals surface area contributed by atoms with Gasteiger partial charge >= 0.3 is 10.1 Å². The fourth-order valence-corrected chi connectivity index (χ4v) is 3.73. The first-order chi connectivity index (χ1) is 14.3. The topological polar surface area (TPSA) is 86.1 Å². The maximum atomic E-state index is 12.6. The Morgan fingerprint density at radius 1 is 1.00 bits per heavy atom. The van der Waals surface area contributed by atoms with E-state index in [-0.39, 0.29) is 28.4 Å². The number of methoxy groups -OCH3 is 1. The van der Waals surface area contributed by atoms with Gasteiger partial charge in [-0.15, -0.1) is 0 Å². The molecular weight excluding hydrogens is 406 g/mol. The Labute approximate surface area is 176 Å². The van der Waals surface area contributed by atoms with Crippen molar-refractivity contribution in [2.75, 3.05) is 7.11 Å². The molecule has 0 N–H and O–H groups in total. The summed E-state index contributed by atoms with van der Waals surface area (Å²) >= 11 is 0. The van der Waals surface area contributed by atoms with E-state index in [0.717, 1.165) is 5.56 Å². The van der Waals surface area contributed by atoms with Crippen molar-refractivity contribution in [1.82, 2.24) is 4.90 Å². The maximum Gasteiger partial charge on any atom is 0.339 e. The molecule has 0 saturated heterocycles. The Morgan fingerprint density at radius 2 is 1.63 bits per heavy atom. The molecule has 0 unspecified atom stereocenters. The van der Waals surface area contributed by atoms with Gasteiger partial charge in [0.2, 0.25) is 0 Å². The summed E-state index contributed by atoms with van der Waals surface area (Å²) in [5, 5.41) is 0. The number of carbonyl (C=O) groups excluding carboxylic acids is 1. The van der Waals surface area contributed by atoms with E-state index >= 15 is 0 Å². The molecule has 2 aromatic carbocycles. The molecule has 3 aromatic rings. The molecule has 0 saturated carbocycles. The summed E-state index contributed by atoms with van der Waals surface area (Å²) in [6, 6.07) is 15.8. The average molecular weight is 429 g/mol. The lowest BCUT2D eigenvalue weighted by atomic mass is 10.1. The van der Waals surface area contributed by atoms with Crippen LogP contribution in [0.4, 0.5) is 0 Å². The van der Waals surface area contributed by atoms with Gasteiger partial charge in [-0.3, -0.25) is 4.79 Å². The van der Waals surface area contributed by atoms with Crippen LogP contribution >= 0.6 is 0 Å². The minimum atomic E-state index is -3.96. The Bertz CT molecular complexity index is 1070. The fourth-order valence-electron chi connectivity index (χ4n) is 2.79. The van der Waals surface area contributed by atoms with E-state index in [0.29, 0.717) is 12.3 Å². The number of ether oxygens (including phenoxy) is 1. The highest BCUT2D eigenvalue weighted by Crippen LogP contribution is 2.22. The van der Waals surface area contributed by atoms with Crippen molar-refractivity contribution in [2.45, 2.75) is 31.3 Å². The van der Waals surface area contributed by atoms with Crippen molar-refractivity contribution < 1.29 is 26.5 Å². The van der Waals surface area contributed by atoms with Gasteiger partial charge in [0.05, 0.1) is 13.4 Å². The van der Waals surface area contributed by atoms with Crippen molar-refractivity contribution in [1.29, 1.82) is 0 Å². The van der Waals surface area contributed by atoms with Gasteiger partial charge in [0.1, 0.15) is 16.4 Å². The van der Waals surface area contributed by atoms with Crippen LogP contribution < -0.4 is 8.92 Å². The van der Waals surface area contributed by atoms with Gasteiger partial charge in [-0.05, 0) is 67.9 Å². The maximum absolute atomic E-state index is 12.6. The molecule has 1 amide bonds. The van der Waals surface area contributed by atoms with Gasteiger partial charge in [0, 0.05) is 12.6 Å². The minimum Gasteiger partial charge on any atom is -0.497 e. The lowest BCUT2D eigenvalue weighted by Gasteiger charge is -2.26. The first kappa shape index (κ1) is 21.4. The molecule has 0 aliphatic heterocycles. The second kappa shape index (κ2) is 9.04. The first-order valence-corrected chi connectivity index (χ1v) is 10.7. The second-order valence-corrected chi connectivity index (χ2v) is 8.41. The van der Waals surface area contributed by atoms with Crippen LogP contribution in [0.1, 0.15) is 30.0 Å². The monoisotopic (exact) mass is 429 g/mol. The normalized spacial score (nSPS) is 11.3. The van der Waals surface area contributed by atoms with Gasteiger partial charge in [0.25, 0.3) is 5.91 Å². The van der Waals surface area contributed by atoms with Crippen molar-refractivity contribution in [3.63, 3.8) is 0 Å². The second-order valence-electron chi connectivity index (χ2n) is 6.86. The Morgan fingerprint density at radius 3 is 2.17 bits per heavy atom. The van der Waals surface area contributed by atoms with Crippen molar-refractivity contribution >= 4 is 16.0 Å². The molecule has 7 nitrogen and oxygen atoms in total. The first-order valence-electron chi connectivity index (χ1n) is 9.32. The summed E-state index contributed by atoms with van der Waals surface area (Å²) in [6.07, 6.45) is 1.46. The van der Waals surface area contributed by atoms with Gasteiger partial charge < -0.3 is 18.2 Å².